The summed E-state index contributed by atoms with van der Waals surface area (Å²) in [6, 6.07) is 10.2. The van der Waals surface area contributed by atoms with Crippen molar-refractivity contribution in [1.29, 1.82) is 0 Å². The van der Waals surface area contributed by atoms with Crippen molar-refractivity contribution in [3.8, 4) is 11.8 Å². The Morgan fingerprint density at radius 1 is 1.09 bits per heavy atom. The fourth-order valence-electron chi connectivity index (χ4n) is 3.33. The lowest BCUT2D eigenvalue weighted by Crippen LogP contribution is -2.45. The highest BCUT2D eigenvalue weighted by molar-refractivity contribution is 5.74. The van der Waals surface area contributed by atoms with Crippen LogP contribution in [0.3, 0.4) is 0 Å². The van der Waals surface area contributed by atoms with E-state index in [0.29, 0.717) is 32.8 Å². The first-order valence-electron chi connectivity index (χ1n) is 10.1. The van der Waals surface area contributed by atoms with E-state index in [1.165, 1.54) is 24.3 Å². The Kier molecular flexibility index (Phi) is 8.09. The number of amides is 2. The fourth-order valence-corrected chi connectivity index (χ4v) is 3.33. The molecule has 1 aliphatic rings. The highest BCUT2D eigenvalue weighted by atomic mass is 19.4. The van der Waals surface area contributed by atoms with Gasteiger partial charge < -0.3 is 15.4 Å². The Morgan fingerprint density at radius 3 is 2.50 bits per heavy atom. The van der Waals surface area contributed by atoms with Gasteiger partial charge in [-0.15, -0.1) is 0 Å². The first kappa shape index (κ1) is 23.6. The molecule has 0 radical (unpaired) electrons. The zero-order valence-corrected chi connectivity index (χ0v) is 17.2. The number of benzene rings is 2. The number of nitrogens with zero attached hydrogens (tertiary/aromatic N) is 1. The summed E-state index contributed by atoms with van der Waals surface area (Å²) in [5, 5.41) is 5.35. The number of carbonyl (C=O) groups excluding carboxylic acids is 1. The lowest BCUT2D eigenvalue weighted by molar-refractivity contribution is -0.137. The molecule has 0 saturated carbocycles. The van der Waals surface area contributed by atoms with Gasteiger partial charge in [0.15, 0.2) is 0 Å². The average molecular weight is 449 g/mol. The normalized spacial score (nSPS) is 15.4. The minimum atomic E-state index is -4.43. The van der Waals surface area contributed by atoms with Crippen molar-refractivity contribution in [3.05, 3.63) is 71.0 Å². The van der Waals surface area contributed by atoms with Crippen LogP contribution in [-0.4, -0.2) is 50.3 Å². The zero-order chi connectivity index (χ0) is 23.0. The summed E-state index contributed by atoms with van der Waals surface area (Å²) < 4.78 is 56.9. The second kappa shape index (κ2) is 11.0. The van der Waals surface area contributed by atoms with Crippen LogP contribution in [0.4, 0.5) is 22.4 Å². The third-order valence-electron chi connectivity index (χ3n) is 4.96. The molecule has 9 heteroatoms. The molecular weight excluding hydrogens is 426 g/mol. The van der Waals surface area contributed by atoms with Crippen molar-refractivity contribution in [2.75, 3.05) is 39.4 Å². The van der Waals surface area contributed by atoms with Gasteiger partial charge >= 0.3 is 12.2 Å². The number of carbonyl (C=O) groups is 1. The van der Waals surface area contributed by atoms with E-state index < -0.39 is 17.8 Å². The molecule has 170 valence electrons. The lowest BCUT2D eigenvalue weighted by atomic mass is 10.0. The van der Waals surface area contributed by atoms with Gasteiger partial charge in [-0.3, -0.25) is 4.90 Å². The molecule has 0 aliphatic carbocycles. The topological polar surface area (TPSA) is 53.6 Å². The Labute approximate surface area is 183 Å². The molecule has 0 aromatic heterocycles. The molecule has 1 atom stereocenters. The van der Waals surface area contributed by atoms with Crippen molar-refractivity contribution >= 4 is 6.03 Å². The van der Waals surface area contributed by atoms with Crippen LogP contribution in [0.15, 0.2) is 48.5 Å². The predicted octanol–water partition coefficient (Wildman–Crippen LogP) is 3.57. The van der Waals surface area contributed by atoms with Gasteiger partial charge in [0.25, 0.3) is 0 Å². The maximum absolute atomic E-state index is 13.3. The molecule has 1 aliphatic heterocycles. The van der Waals surface area contributed by atoms with E-state index in [1.54, 1.807) is 12.1 Å². The van der Waals surface area contributed by atoms with Crippen LogP contribution in [0.5, 0.6) is 0 Å². The Balaban J connectivity index is 1.53. The van der Waals surface area contributed by atoms with Gasteiger partial charge in [-0.05, 0) is 35.9 Å². The van der Waals surface area contributed by atoms with Gasteiger partial charge in [-0.1, -0.05) is 30.0 Å². The summed E-state index contributed by atoms with van der Waals surface area (Å²) in [5.74, 6) is 4.92. The number of halogens is 4. The second-order valence-corrected chi connectivity index (χ2v) is 7.16. The third kappa shape index (κ3) is 6.97. The molecule has 3 rings (SSSR count). The van der Waals surface area contributed by atoms with E-state index in [9.17, 15) is 22.4 Å². The number of urea groups is 1. The maximum atomic E-state index is 13.3. The molecule has 1 fully saturated rings. The Hall–Kier alpha value is -3.09. The monoisotopic (exact) mass is 449 g/mol. The molecule has 2 amide bonds. The van der Waals surface area contributed by atoms with E-state index in [0.717, 1.165) is 17.7 Å². The van der Waals surface area contributed by atoms with Crippen molar-refractivity contribution in [2.24, 2.45) is 0 Å². The largest absolute Gasteiger partial charge is 0.416 e. The van der Waals surface area contributed by atoms with E-state index in [-0.39, 0.29) is 24.0 Å². The molecule has 2 aromatic rings. The highest BCUT2D eigenvalue weighted by Crippen LogP contribution is 2.29. The first-order valence-corrected chi connectivity index (χ1v) is 10.1. The summed E-state index contributed by atoms with van der Waals surface area (Å²) in [4.78, 5) is 14.3. The van der Waals surface area contributed by atoms with Gasteiger partial charge in [-0.25, -0.2) is 9.18 Å². The van der Waals surface area contributed by atoms with Crippen LogP contribution in [0.1, 0.15) is 22.7 Å². The van der Waals surface area contributed by atoms with E-state index in [4.69, 9.17) is 4.74 Å². The standard InChI is InChI=1S/C23H23F4N3O2/c24-20-8-6-18(7-9-20)21(30-11-13-32-14-12-30)16-29-22(31)28-10-2-4-17-3-1-5-19(15-17)23(25,26)27/h1,3,5-9,15,21H,10-14,16H2,(H2,28,29,31). The molecule has 0 spiro atoms. The van der Waals surface area contributed by atoms with Gasteiger partial charge in [0.1, 0.15) is 5.82 Å². The Morgan fingerprint density at radius 2 is 1.81 bits per heavy atom. The van der Waals surface area contributed by atoms with Crippen molar-refractivity contribution in [1.82, 2.24) is 15.5 Å². The highest BCUT2D eigenvalue weighted by Gasteiger charge is 2.30. The van der Waals surface area contributed by atoms with Gasteiger partial charge in [-0.2, -0.15) is 13.2 Å². The molecule has 2 aromatic carbocycles. The predicted molar refractivity (Wildman–Crippen MR) is 111 cm³/mol. The van der Waals surface area contributed by atoms with Crippen LogP contribution in [0.25, 0.3) is 0 Å². The van der Waals surface area contributed by atoms with Crippen molar-refractivity contribution in [3.63, 3.8) is 0 Å². The summed E-state index contributed by atoms with van der Waals surface area (Å²) >= 11 is 0. The zero-order valence-electron chi connectivity index (χ0n) is 17.2. The maximum Gasteiger partial charge on any atom is 0.416 e. The quantitative estimate of drug-likeness (QED) is 0.542. The van der Waals surface area contributed by atoms with Gasteiger partial charge in [0.05, 0.1) is 31.4 Å². The third-order valence-corrected chi connectivity index (χ3v) is 4.96. The van der Waals surface area contributed by atoms with Crippen molar-refractivity contribution < 1.29 is 27.1 Å². The number of hydrogen-bond donors (Lipinski definition) is 2. The summed E-state index contributed by atoms with van der Waals surface area (Å²) in [5.41, 5.74) is 0.314. The van der Waals surface area contributed by atoms with Crippen molar-refractivity contribution in [2.45, 2.75) is 12.2 Å². The number of morpholine rings is 1. The van der Waals surface area contributed by atoms with Crippen LogP contribution in [0, 0.1) is 17.7 Å². The molecule has 1 unspecified atom stereocenters. The van der Waals surface area contributed by atoms with E-state index in [1.807, 2.05) is 0 Å². The summed E-state index contributed by atoms with van der Waals surface area (Å²) in [6.45, 7) is 2.80. The SMILES string of the molecule is O=C(NCC#Cc1cccc(C(F)(F)F)c1)NCC(c1ccc(F)cc1)N1CCOCC1. The van der Waals surface area contributed by atoms with Crippen LogP contribution < -0.4 is 10.6 Å². The van der Waals surface area contributed by atoms with Crippen LogP contribution in [-0.2, 0) is 10.9 Å². The minimum absolute atomic E-state index is 0.0269. The van der Waals surface area contributed by atoms with Crippen LogP contribution >= 0.6 is 0 Å². The molecule has 1 saturated heterocycles. The second-order valence-electron chi connectivity index (χ2n) is 7.16. The Bertz CT molecular complexity index is 962. The minimum Gasteiger partial charge on any atom is -0.379 e. The number of ether oxygens (including phenoxy) is 1. The smallest absolute Gasteiger partial charge is 0.379 e. The average Bonchev–Trinajstić information content (AvgIpc) is 2.78. The molecule has 0 bridgehead atoms. The van der Waals surface area contributed by atoms with Crippen LogP contribution in [0.2, 0.25) is 0 Å². The number of rotatable bonds is 5. The number of hydrogen-bond acceptors (Lipinski definition) is 3. The van der Waals surface area contributed by atoms with E-state index in [2.05, 4.69) is 27.4 Å². The number of nitrogens with one attached hydrogen (secondary N) is 2. The fraction of sp³-hybridized carbons (Fsp3) is 0.348. The lowest BCUT2D eigenvalue weighted by Gasteiger charge is -2.34. The number of alkyl halides is 3. The van der Waals surface area contributed by atoms with Gasteiger partial charge in [0.2, 0.25) is 0 Å². The molecule has 2 N–H and O–H groups in total. The molecule has 32 heavy (non-hydrogen) atoms. The molecule has 5 nitrogen and oxygen atoms in total. The summed E-state index contributed by atoms with van der Waals surface area (Å²) in [6.07, 6.45) is -4.43. The van der Waals surface area contributed by atoms with E-state index >= 15 is 0 Å². The van der Waals surface area contributed by atoms with Gasteiger partial charge in [0, 0.05) is 25.2 Å². The molecular formula is C23H23F4N3O2. The molecule has 1 heterocycles. The summed E-state index contributed by atoms with van der Waals surface area (Å²) in [7, 11) is 0. The first-order chi connectivity index (χ1) is 15.3.